The molecule has 0 fully saturated rings. The molecule has 1 unspecified atom stereocenters. The van der Waals surface area contributed by atoms with Crippen LogP contribution in [0.2, 0.25) is 0 Å². The fraction of sp³-hybridized carbons (Fsp3) is 0.529. The lowest BCUT2D eigenvalue weighted by Gasteiger charge is -2.22. The molecule has 3 nitrogen and oxygen atoms in total. The van der Waals surface area contributed by atoms with E-state index < -0.39 is 0 Å². The molecule has 0 aliphatic rings. The summed E-state index contributed by atoms with van der Waals surface area (Å²) >= 11 is 0. The zero-order valence-electron chi connectivity index (χ0n) is 13.2. The Labute approximate surface area is 123 Å². The van der Waals surface area contributed by atoms with Crippen LogP contribution in [0, 0.1) is 0 Å². The Morgan fingerprint density at radius 3 is 2.55 bits per heavy atom. The SMILES string of the molecule is C=C(CC)CC(NCCC)c1ccc(OC)cc1OC. The second kappa shape index (κ2) is 8.64. The summed E-state index contributed by atoms with van der Waals surface area (Å²) in [5.41, 5.74) is 2.41. The lowest BCUT2D eigenvalue weighted by atomic mass is 9.97. The lowest BCUT2D eigenvalue weighted by molar-refractivity contribution is 0.383. The van der Waals surface area contributed by atoms with E-state index in [1.54, 1.807) is 14.2 Å². The van der Waals surface area contributed by atoms with Gasteiger partial charge in [0.2, 0.25) is 0 Å². The van der Waals surface area contributed by atoms with Crippen molar-refractivity contribution >= 4 is 0 Å². The van der Waals surface area contributed by atoms with E-state index in [1.807, 2.05) is 12.1 Å². The van der Waals surface area contributed by atoms with Crippen LogP contribution in [0.5, 0.6) is 11.5 Å². The van der Waals surface area contributed by atoms with Crippen LogP contribution < -0.4 is 14.8 Å². The highest BCUT2D eigenvalue weighted by molar-refractivity contribution is 5.43. The molecule has 1 rings (SSSR count). The number of ether oxygens (including phenoxy) is 2. The molecule has 0 aromatic heterocycles. The highest BCUT2D eigenvalue weighted by Gasteiger charge is 2.17. The molecule has 20 heavy (non-hydrogen) atoms. The third kappa shape index (κ3) is 4.57. The normalized spacial score (nSPS) is 12.0. The maximum atomic E-state index is 5.51. The molecule has 0 heterocycles. The minimum atomic E-state index is 0.239. The molecule has 0 aliphatic carbocycles. The van der Waals surface area contributed by atoms with Crippen molar-refractivity contribution < 1.29 is 9.47 Å². The molecule has 0 amide bonds. The second-order valence-corrected chi connectivity index (χ2v) is 4.92. The number of hydrogen-bond donors (Lipinski definition) is 1. The highest BCUT2D eigenvalue weighted by Crippen LogP contribution is 2.32. The van der Waals surface area contributed by atoms with Gasteiger partial charge in [0.15, 0.2) is 0 Å². The predicted octanol–water partition coefficient (Wildman–Crippen LogP) is 4.10. The zero-order chi connectivity index (χ0) is 15.0. The van der Waals surface area contributed by atoms with Crippen LogP contribution in [-0.4, -0.2) is 20.8 Å². The van der Waals surface area contributed by atoms with Crippen molar-refractivity contribution in [2.24, 2.45) is 0 Å². The second-order valence-electron chi connectivity index (χ2n) is 4.92. The van der Waals surface area contributed by atoms with Gasteiger partial charge >= 0.3 is 0 Å². The first kappa shape index (κ1) is 16.6. The van der Waals surface area contributed by atoms with Gasteiger partial charge in [-0.1, -0.05) is 32.1 Å². The van der Waals surface area contributed by atoms with E-state index in [0.717, 1.165) is 42.9 Å². The third-order valence-corrected chi connectivity index (χ3v) is 3.45. The fourth-order valence-corrected chi connectivity index (χ4v) is 2.15. The molecule has 1 atom stereocenters. The molecule has 1 aromatic rings. The topological polar surface area (TPSA) is 30.5 Å². The molecular weight excluding hydrogens is 250 g/mol. The molecular formula is C17H27NO2. The fourth-order valence-electron chi connectivity index (χ4n) is 2.15. The first-order valence-corrected chi connectivity index (χ1v) is 7.28. The van der Waals surface area contributed by atoms with E-state index >= 15 is 0 Å². The minimum Gasteiger partial charge on any atom is -0.497 e. The molecule has 0 spiro atoms. The van der Waals surface area contributed by atoms with Crippen LogP contribution in [0.3, 0.4) is 0 Å². The summed E-state index contributed by atoms with van der Waals surface area (Å²) in [6.07, 6.45) is 3.04. The predicted molar refractivity (Wildman–Crippen MR) is 84.6 cm³/mol. The van der Waals surface area contributed by atoms with Gasteiger partial charge in [-0.15, -0.1) is 0 Å². The van der Waals surface area contributed by atoms with Crippen LogP contribution in [0.1, 0.15) is 44.7 Å². The van der Waals surface area contributed by atoms with E-state index in [2.05, 4.69) is 31.8 Å². The molecule has 112 valence electrons. The molecule has 1 N–H and O–H groups in total. The average Bonchev–Trinajstić information content (AvgIpc) is 2.50. The van der Waals surface area contributed by atoms with Gasteiger partial charge in [-0.3, -0.25) is 0 Å². The van der Waals surface area contributed by atoms with Crippen molar-refractivity contribution in [2.45, 2.75) is 39.2 Å². The summed E-state index contributed by atoms with van der Waals surface area (Å²) in [7, 11) is 3.37. The van der Waals surface area contributed by atoms with Gasteiger partial charge in [0.05, 0.1) is 14.2 Å². The first-order chi connectivity index (χ1) is 9.65. The Morgan fingerprint density at radius 1 is 1.25 bits per heavy atom. The van der Waals surface area contributed by atoms with Gasteiger partial charge in [-0.25, -0.2) is 0 Å². The number of methoxy groups -OCH3 is 2. The Bertz CT molecular complexity index is 429. The lowest BCUT2D eigenvalue weighted by Crippen LogP contribution is -2.23. The van der Waals surface area contributed by atoms with Gasteiger partial charge < -0.3 is 14.8 Å². The molecule has 0 bridgehead atoms. The summed E-state index contributed by atoms with van der Waals surface area (Å²) in [4.78, 5) is 0. The first-order valence-electron chi connectivity index (χ1n) is 7.28. The minimum absolute atomic E-state index is 0.239. The molecule has 1 aromatic carbocycles. The monoisotopic (exact) mass is 277 g/mol. The Hall–Kier alpha value is -1.48. The van der Waals surface area contributed by atoms with Crippen LogP contribution in [-0.2, 0) is 0 Å². The van der Waals surface area contributed by atoms with Crippen molar-refractivity contribution in [1.29, 1.82) is 0 Å². The summed E-state index contributed by atoms with van der Waals surface area (Å²) in [6, 6.07) is 6.23. The van der Waals surface area contributed by atoms with Gasteiger partial charge in [0.25, 0.3) is 0 Å². The Kier molecular flexibility index (Phi) is 7.16. The number of rotatable bonds is 9. The standard InChI is InChI=1S/C17H27NO2/c1-6-10-18-16(11-13(3)7-2)15-9-8-14(19-4)12-17(15)20-5/h8-9,12,16,18H,3,6-7,10-11H2,1-2,4-5H3. The maximum absolute atomic E-state index is 5.51. The highest BCUT2D eigenvalue weighted by atomic mass is 16.5. The summed E-state index contributed by atoms with van der Waals surface area (Å²) < 4.78 is 10.8. The smallest absolute Gasteiger partial charge is 0.127 e. The van der Waals surface area contributed by atoms with Gasteiger partial charge in [0.1, 0.15) is 11.5 Å². The van der Waals surface area contributed by atoms with Gasteiger partial charge in [-0.2, -0.15) is 0 Å². The van der Waals surface area contributed by atoms with Crippen molar-refractivity contribution in [1.82, 2.24) is 5.32 Å². The van der Waals surface area contributed by atoms with Crippen molar-refractivity contribution in [3.05, 3.63) is 35.9 Å². The van der Waals surface area contributed by atoms with E-state index in [9.17, 15) is 0 Å². The summed E-state index contributed by atoms with van der Waals surface area (Å²) in [5, 5.41) is 3.58. The Morgan fingerprint density at radius 2 is 2.00 bits per heavy atom. The molecule has 3 heteroatoms. The van der Waals surface area contributed by atoms with Crippen LogP contribution in [0.15, 0.2) is 30.4 Å². The van der Waals surface area contributed by atoms with Crippen molar-refractivity contribution in [3.63, 3.8) is 0 Å². The van der Waals surface area contributed by atoms with E-state index in [0.29, 0.717) is 0 Å². The number of nitrogens with one attached hydrogen (secondary N) is 1. The van der Waals surface area contributed by atoms with Gasteiger partial charge in [0, 0.05) is 17.7 Å². The van der Waals surface area contributed by atoms with E-state index in [1.165, 1.54) is 5.57 Å². The average molecular weight is 277 g/mol. The van der Waals surface area contributed by atoms with Gasteiger partial charge in [-0.05, 0) is 31.9 Å². The Balaban J connectivity index is 3.01. The van der Waals surface area contributed by atoms with Crippen molar-refractivity contribution in [2.75, 3.05) is 20.8 Å². The molecule has 0 saturated carbocycles. The molecule has 0 aliphatic heterocycles. The number of hydrogen-bond acceptors (Lipinski definition) is 3. The zero-order valence-corrected chi connectivity index (χ0v) is 13.2. The van der Waals surface area contributed by atoms with Crippen LogP contribution in [0.4, 0.5) is 0 Å². The summed E-state index contributed by atoms with van der Waals surface area (Å²) in [5.74, 6) is 1.68. The van der Waals surface area contributed by atoms with Crippen LogP contribution in [0.25, 0.3) is 0 Å². The summed E-state index contributed by atoms with van der Waals surface area (Å²) in [6.45, 7) is 9.43. The van der Waals surface area contributed by atoms with Crippen LogP contribution >= 0.6 is 0 Å². The quantitative estimate of drug-likeness (QED) is 0.689. The maximum Gasteiger partial charge on any atom is 0.127 e. The van der Waals surface area contributed by atoms with E-state index in [4.69, 9.17) is 9.47 Å². The molecule has 0 radical (unpaired) electrons. The largest absolute Gasteiger partial charge is 0.497 e. The third-order valence-electron chi connectivity index (χ3n) is 3.45. The van der Waals surface area contributed by atoms with E-state index in [-0.39, 0.29) is 6.04 Å². The van der Waals surface area contributed by atoms with Crippen molar-refractivity contribution in [3.8, 4) is 11.5 Å². The number of benzene rings is 1. The molecule has 0 saturated heterocycles.